The van der Waals surface area contributed by atoms with E-state index in [2.05, 4.69) is 52.5 Å². The molecule has 1 fully saturated rings. The Hall–Kier alpha value is -3.64. The number of aromatic nitrogens is 3. The predicted octanol–water partition coefficient (Wildman–Crippen LogP) is 5.24. The van der Waals surface area contributed by atoms with Crippen LogP contribution in [0.4, 0.5) is 5.82 Å². The van der Waals surface area contributed by atoms with Gasteiger partial charge >= 0.3 is 0 Å². The molecule has 4 N–H and O–H groups in total. The van der Waals surface area contributed by atoms with E-state index >= 15 is 0 Å². The maximum absolute atomic E-state index is 6.76. The molecule has 0 radical (unpaired) electrons. The molecule has 3 aromatic heterocycles. The van der Waals surface area contributed by atoms with E-state index in [9.17, 15) is 0 Å². The van der Waals surface area contributed by atoms with Crippen LogP contribution in [0.15, 0.2) is 79.9 Å². The largest absolute Gasteiger partial charge is 0.387 e. The molecule has 6 heteroatoms. The maximum atomic E-state index is 6.76. The zero-order valence-electron chi connectivity index (χ0n) is 20.1. The van der Waals surface area contributed by atoms with Crippen molar-refractivity contribution in [3.05, 3.63) is 96.6 Å². The molecule has 4 heterocycles. The number of H-pyrrole nitrogens is 1. The number of nitrogens with two attached hydrogens (primary N) is 1. The lowest BCUT2D eigenvalue weighted by atomic mass is 9.96. The van der Waals surface area contributed by atoms with Crippen LogP contribution < -0.4 is 16.0 Å². The number of nitrogens with one attached hydrogen (secondary N) is 2. The van der Waals surface area contributed by atoms with Gasteiger partial charge in [-0.1, -0.05) is 37.5 Å². The fourth-order valence-corrected chi connectivity index (χ4v) is 4.60. The van der Waals surface area contributed by atoms with Gasteiger partial charge in [-0.3, -0.25) is 0 Å². The number of nitrogens with zero attached hydrogens (tertiary/aromatic N) is 3. The lowest BCUT2D eigenvalue weighted by Gasteiger charge is -2.32. The van der Waals surface area contributed by atoms with Crippen molar-refractivity contribution < 1.29 is 0 Å². The van der Waals surface area contributed by atoms with Crippen LogP contribution in [0.1, 0.15) is 48.9 Å². The zero-order valence-corrected chi connectivity index (χ0v) is 20.1. The van der Waals surface area contributed by atoms with Crippen molar-refractivity contribution in [1.29, 1.82) is 0 Å². The van der Waals surface area contributed by atoms with Gasteiger partial charge in [0.05, 0.1) is 12.1 Å². The van der Waals surface area contributed by atoms with Gasteiger partial charge in [-0.25, -0.2) is 9.97 Å². The number of likely N-dealkylation sites (N-methyl/N-ethyl adjacent to an activating group) is 1. The number of rotatable bonds is 7. The van der Waals surface area contributed by atoms with Crippen LogP contribution >= 0.6 is 0 Å². The highest BCUT2D eigenvalue weighted by atomic mass is 15.2. The molecule has 1 aliphatic heterocycles. The molecule has 0 saturated carbocycles. The Morgan fingerprint density at radius 2 is 2.18 bits per heavy atom. The number of fused-ring (bicyclic) bond motifs is 1. The maximum Gasteiger partial charge on any atom is 0.137 e. The second-order valence-corrected chi connectivity index (χ2v) is 8.69. The molecule has 0 aromatic carbocycles. The molecular formula is C28H34N6. The van der Waals surface area contributed by atoms with E-state index in [0.717, 1.165) is 70.6 Å². The summed E-state index contributed by atoms with van der Waals surface area (Å²) in [4.78, 5) is 14.8. The molecule has 6 nitrogen and oxygen atoms in total. The van der Waals surface area contributed by atoms with Crippen LogP contribution in [-0.2, 0) is 0 Å². The third-order valence-electron chi connectivity index (χ3n) is 6.52. The smallest absolute Gasteiger partial charge is 0.137 e. The van der Waals surface area contributed by atoms with Crippen LogP contribution in [0, 0.1) is 0 Å². The Kier molecular flexibility index (Phi) is 7.28. The van der Waals surface area contributed by atoms with Gasteiger partial charge in [0.15, 0.2) is 0 Å². The average molecular weight is 455 g/mol. The quantitative estimate of drug-likeness (QED) is 0.425. The lowest BCUT2D eigenvalue weighted by Crippen LogP contribution is -2.37. The minimum Gasteiger partial charge on any atom is -0.387 e. The number of pyridine rings is 2. The summed E-state index contributed by atoms with van der Waals surface area (Å²) in [5.74, 6) is 0.891. The molecule has 3 aromatic rings. The van der Waals surface area contributed by atoms with Gasteiger partial charge in [-0.05, 0) is 55.5 Å². The average Bonchev–Trinajstić information content (AvgIpc) is 3.18. The highest BCUT2D eigenvalue weighted by Gasteiger charge is 2.25. The third-order valence-corrected chi connectivity index (χ3v) is 6.52. The Morgan fingerprint density at radius 1 is 1.32 bits per heavy atom. The van der Waals surface area contributed by atoms with Gasteiger partial charge in [-0.2, -0.15) is 0 Å². The summed E-state index contributed by atoms with van der Waals surface area (Å²) in [6.45, 7) is 11.3. The first-order valence-corrected chi connectivity index (χ1v) is 11.8. The van der Waals surface area contributed by atoms with Crippen LogP contribution in [0.5, 0.6) is 0 Å². The molecular weight excluding hydrogens is 420 g/mol. The van der Waals surface area contributed by atoms with Gasteiger partial charge in [0.1, 0.15) is 11.5 Å². The van der Waals surface area contributed by atoms with Crippen molar-refractivity contribution in [1.82, 2.24) is 20.3 Å². The normalized spacial score (nSPS) is 18.0. The highest BCUT2D eigenvalue weighted by molar-refractivity contribution is 5.83. The van der Waals surface area contributed by atoms with Crippen LogP contribution in [0.25, 0.3) is 16.6 Å². The lowest BCUT2D eigenvalue weighted by molar-refractivity contribution is 0.624. The van der Waals surface area contributed by atoms with E-state index in [-0.39, 0.29) is 12.1 Å². The van der Waals surface area contributed by atoms with Crippen LogP contribution in [-0.4, -0.2) is 34.6 Å². The van der Waals surface area contributed by atoms with E-state index in [1.807, 2.05) is 49.7 Å². The Labute approximate surface area is 202 Å². The van der Waals surface area contributed by atoms with Crippen molar-refractivity contribution in [3.63, 3.8) is 0 Å². The highest BCUT2D eigenvalue weighted by Crippen LogP contribution is 2.33. The van der Waals surface area contributed by atoms with Gasteiger partial charge in [0.25, 0.3) is 0 Å². The minimum atomic E-state index is -0.342. The molecule has 0 amide bonds. The van der Waals surface area contributed by atoms with Gasteiger partial charge < -0.3 is 20.9 Å². The van der Waals surface area contributed by atoms with E-state index in [1.54, 1.807) is 6.20 Å². The Bertz CT molecular complexity index is 1230. The molecule has 1 aliphatic rings. The van der Waals surface area contributed by atoms with Crippen molar-refractivity contribution in [3.8, 4) is 0 Å². The molecule has 0 aliphatic carbocycles. The number of allylic oxidation sites excluding steroid dienone is 5. The van der Waals surface area contributed by atoms with E-state index in [0.29, 0.717) is 0 Å². The summed E-state index contributed by atoms with van der Waals surface area (Å²) < 4.78 is 0. The molecule has 0 spiro atoms. The van der Waals surface area contributed by atoms with Crippen LogP contribution in [0.2, 0.25) is 0 Å². The summed E-state index contributed by atoms with van der Waals surface area (Å²) in [5.41, 5.74) is 12.6. The first-order valence-electron chi connectivity index (χ1n) is 11.8. The Balaban J connectivity index is 1.79. The first-order chi connectivity index (χ1) is 16.5. The standard InChI is InChI=1S/C28H34N6/c1-5-7-11-20(6-2)23-16-21(26(29)24-18-32-27-22(24)12-10-15-31-27)17-33-28(23)34(4)25-13-8-9-14-30-19(25)3/h5-7,10-12,15-18,25-26,30H,2-3,8-9,13-14,29H2,1,4H3,(H,31,32)/b7-5-,20-11-. The molecule has 34 heavy (non-hydrogen) atoms. The molecule has 1 saturated heterocycles. The third kappa shape index (κ3) is 4.68. The summed E-state index contributed by atoms with van der Waals surface area (Å²) in [6.07, 6.45) is 16.9. The number of hydrogen-bond donors (Lipinski definition) is 3. The molecule has 4 rings (SSSR count). The number of aromatic amines is 1. The Morgan fingerprint density at radius 3 is 2.97 bits per heavy atom. The number of anilines is 1. The molecule has 0 bridgehead atoms. The van der Waals surface area contributed by atoms with Gasteiger partial charge in [0.2, 0.25) is 0 Å². The molecule has 2 unspecified atom stereocenters. The van der Waals surface area contributed by atoms with Crippen LogP contribution in [0.3, 0.4) is 0 Å². The second-order valence-electron chi connectivity index (χ2n) is 8.69. The monoisotopic (exact) mass is 454 g/mol. The fourth-order valence-electron chi connectivity index (χ4n) is 4.60. The van der Waals surface area contributed by atoms with E-state index in [4.69, 9.17) is 10.7 Å². The van der Waals surface area contributed by atoms with Crippen molar-refractivity contribution in [2.45, 2.75) is 38.3 Å². The minimum absolute atomic E-state index is 0.167. The van der Waals surface area contributed by atoms with E-state index in [1.165, 1.54) is 0 Å². The predicted molar refractivity (Wildman–Crippen MR) is 143 cm³/mol. The zero-order chi connectivity index (χ0) is 24.1. The SMILES string of the molecule is C=C/C(=C/C=C\C)c1cc(C(N)c2c[nH]c3ncccc23)cnc1N(C)C1CCCCNC1=C. The fraction of sp³-hybridized carbons (Fsp3) is 0.286. The summed E-state index contributed by atoms with van der Waals surface area (Å²) in [7, 11) is 2.09. The molecule has 2 atom stereocenters. The topological polar surface area (TPSA) is 82.9 Å². The van der Waals surface area contributed by atoms with Crippen molar-refractivity contribution >= 4 is 22.4 Å². The van der Waals surface area contributed by atoms with Crippen molar-refractivity contribution in [2.75, 3.05) is 18.5 Å². The van der Waals surface area contributed by atoms with E-state index < -0.39 is 0 Å². The summed E-state index contributed by atoms with van der Waals surface area (Å²) >= 11 is 0. The van der Waals surface area contributed by atoms with Gasteiger partial charge in [0, 0.05) is 54.4 Å². The summed E-state index contributed by atoms with van der Waals surface area (Å²) in [5, 5.41) is 4.49. The first kappa shape index (κ1) is 23.5. The summed E-state index contributed by atoms with van der Waals surface area (Å²) in [6, 6.07) is 5.93. The second kappa shape index (κ2) is 10.5. The number of hydrogen-bond acceptors (Lipinski definition) is 5. The molecule has 176 valence electrons. The van der Waals surface area contributed by atoms with Crippen molar-refractivity contribution in [2.24, 2.45) is 5.73 Å². The van der Waals surface area contributed by atoms with Gasteiger partial charge in [-0.15, -0.1) is 0 Å².